The summed E-state index contributed by atoms with van der Waals surface area (Å²) in [6.07, 6.45) is 1.65. The van der Waals surface area contributed by atoms with Crippen LogP contribution >= 0.6 is 23.2 Å². The van der Waals surface area contributed by atoms with Gasteiger partial charge in [0.05, 0.1) is 26.0 Å². The molecule has 0 saturated carbocycles. The van der Waals surface area contributed by atoms with Crippen LogP contribution in [-0.2, 0) is 9.53 Å². The van der Waals surface area contributed by atoms with Crippen molar-refractivity contribution in [2.75, 3.05) is 32.8 Å². The Kier molecular flexibility index (Phi) is 6.55. The van der Waals surface area contributed by atoms with E-state index in [1.54, 1.807) is 12.3 Å². The number of aromatic nitrogens is 1. The van der Waals surface area contributed by atoms with Crippen molar-refractivity contribution in [2.24, 2.45) is 5.10 Å². The van der Waals surface area contributed by atoms with Gasteiger partial charge in [0.1, 0.15) is 0 Å². The molecule has 1 aromatic carbocycles. The second kappa shape index (κ2) is 8.89. The van der Waals surface area contributed by atoms with Gasteiger partial charge in [0, 0.05) is 45.8 Å². The molecule has 8 heteroatoms. The fourth-order valence-corrected chi connectivity index (χ4v) is 3.67. The maximum Gasteiger partial charge on any atom is 0.254 e. The van der Waals surface area contributed by atoms with Gasteiger partial charge in [-0.1, -0.05) is 23.2 Å². The van der Waals surface area contributed by atoms with E-state index in [1.165, 1.54) is 0 Å². The number of nitrogens with zero attached hydrogens (tertiary/aromatic N) is 3. The predicted molar refractivity (Wildman–Crippen MR) is 108 cm³/mol. The summed E-state index contributed by atoms with van der Waals surface area (Å²) >= 11 is 12.3. The molecule has 1 fully saturated rings. The molecule has 0 aliphatic carbocycles. The van der Waals surface area contributed by atoms with Crippen LogP contribution in [0.5, 0.6) is 0 Å². The number of ether oxygens (including phenoxy) is 1. The lowest BCUT2D eigenvalue weighted by atomic mass is 10.2. The fraction of sp³-hybridized carbons (Fsp3) is 0.368. The average molecular weight is 409 g/mol. The zero-order chi connectivity index (χ0) is 19.4. The molecule has 0 spiro atoms. The van der Waals surface area contributed by atoms with Crippen molar-refractivity contribution in [1.82, 2.24) is 14.9 Å². The van der Waals surface area contributed by atoms with Crippen molar-refractivity contribution in [2.45, 2.75) is 13.8 Å². The highest BCUT2D eigenvalue weighted by Crippen LogP contribution is 2.25. The van der Waals surface area contributed by atoms with Crippen LogP contribution in [0.2, 0.25) is 10.0 Å². The molecule has 0 unspecified atom stereocenters. The standard InChI is InChI=1S/C19H22Cl2N4O2/c1-13-7-15(11-22-23-19(26)12-24-3-5-27-6-4-24)14(2)25(13)18-9-16(20)8-17(21)10-18/h7-11H,3-6,12H2,1-2H3,(H,23,26)/b22-11+. The number of amides is 1. The number of benzene rings is 1. The Balaban J connectivity index is 1.68. The first kappa shape index (κ1) is 19.9. The summed E-state index contributed by atoms with van der Waals surface area (Å²) < 4.78 is 7.33. The number of hydrogen-bond donors (Lipinski definition) is 1. The van der Waals surface area contributed by atoms with Gasteiger partial charge in [0.15, 0.2) is 0 Å². The Morgan fingerprint density at radius 1 is 1.19 bits per heavy atom. The summed E-state index contributed by atoms with van der Waals surface area (Å²) in [5.41, 5.74) is 6.39. The molecule has 0 radical (unpaired) electrons. The Hall–Kier alpha value is -1.86. The minimum Gasteiger partial charge on any atom is -0.379 e. The molecule has 1 aliphatic heterocycles. The summed E-state index contributed by atoms with van der Waals surface area (Å²) in [7, 11) is 0. The molecule has 2 heterocycles. The molecule has 1 saturated heterocycles. The molecule has 3 rings (SSSR count). The Morgan fingerprint density at radius 2 is 1.85 bits per heavy atom. The number of hydrogen-bond acceptors (Lipinski definition) is 4. The molecule has 0 bridgehead atoms. The lowest BCUT2D eigenvalue weighted by Crippen LogP contribution is -2.42. The number of nitrogens with one attached hydrogen (secondary N) is 1. The molecule has 6 nitrogen and oxygen atoms in total. The van der Waals surface area contributed by atoms with Crippen molar-refractivity contribution in [3.05, 3.63) is 51.3 Å². The molecular formula is C19H22Cl2N4O2. The largest absolute Gasteiger partial charge is 0.379 e. The lowest BCUT2D eigenvalue weighted by molar-refractivity contribution is -0.123. The highest BCUT2D eigenvalue weighted by atomic mass is 35.5. The van der Waals surface area contributed by atoms with E-state index in [4.69, 9.17) is 27.9 Å². The van der Waals surface area contributed by atoms with E-state index in [2.05, 4.69) is 15.1 Å². The summed E-state index contributed by atoms with van der Waals surface area (Å²) in [6, 6.07) is 7.42. The van der Waals surface area contributed by atoms with E-state index in [-0.39, 0.29) is 5.91 Å². The molecule has 1 amide bonds. The van der Waals surface area contributed by atoms with Crippen LogP contribution in [0.25, 0.3) is 5.69 Å². The monoisotopic (exact) mass is 408 g/mol. The van der Waals surface area contributed by atoms with E-state index in [0.29, 0.717) is 29.8 Å². The van der Waals surface area contributed by atoms with Crippen molar-refractivity contribution in [3.8, 4) is 5.69 Å². The first-order chi connectivity index (χ1) is 12.9. The Morgan fingerprint density at radius 3 is 2.52 bits per heavy atom. The van der Waals surface area contributed by atoms with Gasteiger partial charge in [-0.05, 0) is 38.1 Å². The quantitative estimate of drug-likeness (QED) is 0.610. The summed E-state index contributed by atoms with van der Waals surface area (Å²) in [5, 5.41) is 5.26. The van der Waals surface area contributed by atoms with Crippen molar-refractivity contribution >= 4 is 35.3 Å². The second-order valence-electron chi connectivity index (χ2n) is 6.47. The average Bonchev–Trinajstić information content (AvgIpc) is 2.88. The van der Waals surface area contributed by atoms with E-state index in [1.807, 2.05) is 36.9 Å². The highest BCUT2D eigenvalue weighted by molar-refractivity contribution is 6.34. The third-order valence-corrected chi connectivity index (χ3v) is 4.88. The summed E-state index contributed by atoms with van der Waals surface area (Å²) in [6.45, 7) is 7.16. The molecule has 1 N–H and O–H groups in total. The lowest BCUT2D eigenvalue weighted by Gasteiger charge is -2.25. The van der Waals surface area contributed by atoms with Crippen molar-refractivity contribution in [1.29, 1.82) is 0 Å². The molecule has 1 aliphatic rings. The third-order valence-electron chi connectivity index (χ3n) is 4.44. The number of halogens is 2. The summed E-state index contributed by atoms with van der Waals surface area (Å²) in [5.74, 6) is -0.136. The fourth-order valence-electron chi connectivity index (χ4n) is 3.16. The van der Waals surface area contributed by atoms with Crippen molar-refractivity contribution < 1.29 is 9.53 Å². The van der Waals surface area contributed by atoms with E-state index in [9.17, 15) is 4.79 Å². The van der Waals surface area contributed by atoms with Crippen LogP contribution in [0.3, 0.4) is 0 Å². The zero-order valence-corrected chi connectivity index (χ0v) is 16.8. The maximum atomic E-state index is 12.0. The number of rotatable bonds is 5. The third kappa shape index (κ3) is 5.11. The molecule has 27 heavy (non-hydrogen) atoms. The number of carbonyl (C=O) groups excluding carboxylic acids is 1. The minimum absolute atomic E-state index is 0.136. The van der Waals surface area contributed by atoms with Crippen LogP contribution in [0.1, 0.15) is 17.0 Å². The van der Waals surface area contributed by atoms with Crippen LogP contribution in [-0.4, -0.2) is 54.4 Å². The van der Waals surface area contributed by atoms with Crippen LogP contribution in [0, 0.1) is 13.8 Å². The molecular weight excluding hydrogens is 387 g/mol. The molecule has 1 aromatic heterocycles. The van der Waals surface area contributed by atoms with E-state index < -0.39 is 0 Å². The van der Waals surface area contributed by atoms with Crippen molar-refractivity contribution in [3.63, 3.8) is 0 Å². The molecule has 144 valence electrons. The first-order valence-corrected chi connectivity index (χ1v) is 9.47. The number of carbonyl (C=O) groups is 1. The number of hydrazone groups is 1. The smallest absolute Gasteiger partial charge is 0.254 e. The maximum absolute atomic E-state index is 12.0. The van der Waals surface area contributed by atoms with E-state index in [0.717, 1.165) is 35.7 Å². The molecule has 2 aromatic rings. The van der Waals surface area contributed by atoms with Gasteiger partial charge in [0.2, 0.25) is 0 Å². The van der Waals surface area contributed by atoms with Gasteiger partial charge >= 0.3 is 0 Å². The Bertz CT molecular complexity index is 837. The first-order valence-electron chi connectivity index (χ1n) is 8.71. The number of morpholine rings is 1. The van der Waals surface area contributed by atoms with Gasteiger partial charge in [-0.3, -0.25) is 9.69 Å². The second-order valence-corrected chi connectivity index (χ2v) is 7.34. The van der Waals surface area contributed by atoms with Gasteiger partial charge in [0.25, 0.3) is 5.91 Å². The van der Waals surface area contributed by atoms with Gasteiger partial charge in [-0.15, -0.1) is 0 Å². The van der Waals surface area contributed by atoms with Gasteiger partial charge < -0.3 is 9.30 Å². The topological polar surface area (TPSA) is 58.9 Å². The number of aryl methyl sites for hydroxylation is 1. The van der Waals surface area contributed by atoms with E-state index >= 15 is 0 Å². The van der Waals surface area contributed by atoms with Crippen LogP contribution in [0.4, 0.5) is 0 Å². The normalized spacial score (nSPS) is 15.4. The summed E-state index contributed by atoms with van der Waals surface area (Å²) in [4.78, 5) is 14.1. The Labute approximate surface area is 168 Å². The SMILES string of the molecule is Cc1cc(/C=N/NC(=O)CN2CCOCC2)c(C)n1-c1cc(Cl)cc(Cl)c1. The van der Waals surface area contributed by atoms with Gasteiger partial charge in [-0.2, -0.15) is 5.10 Å². The minimum atomic E-state index is -0.136. The highest BCUT2D eigenvalue weighted by Gasteiger charge is 2.14. The zero-order valence-electron chi connectivity index (χ0n) is 15.3. The van der Waals surface area contributed by atoms with Crippen LogP contribution in [0.15, 0.2) is 29.4 Å². The predicted octanol–water partition coefficient (Wildman–Crippen LogP) is 3.18. The van der Waals surface area contributed by atoms with Gasteiger partial charge in [-0.25, -0.2) is 5.43 Å². The van der Waals surface area contributed by atoms with Crippen LogP contribution < -0.4 is 5.43 Å². The molecule has 0 atom stereocenters.